The van der Waals surface area contributed by atoms with Gasteiger partial charge in [-0.25, -0.2) is 8.42 Å². The highest BCUT2D eigenvalue weighted by atomic mass is 32.2. The molecule has 0 spiro atoms. The Kier molecular flexibility index (Phi) is 3.78. The van der Waals surface area contributed by atoms with Gasteiger partial charge in [-0.3, -0.25) is 0 Å². The molecule has 1 heterocycles. The molecule has 0 aliphatic carbocycles. The number of aryl methyl sites for hydroxylation is 1. The van der Waals surface area contributed by atoms with Crippen molar-refractivity contribution in [3.8, 4) is 0 Å². The number of hydrogen-bond donors (Lipinski definition) is 0. The van der Waals surface area contributed by atoms with E-state index in [2.05, 4.69) is 15.4 Å². The van der Waals surface area contributed by atoms with E-state index in [9.17, 15) is 8.42 Å². The monoisotopic (exact) mass is 232 g/mol. The van der Waals surface area contributed by atoms with Gasteiger partial charge in [-0.05, 0) is 18.1 Å². The molecule has 1 aromatic heterocycles. The molecule has 0 N–H and O–H groups in total. The molecule has 0 saturated heterocycles. The smallest absolute Gasteiger partial charge is 0.189 e. The van der Waals surface area contributed by atoms with Crippen LogP contribution in [0.2, 0.25) is 0 Å². The Hall–Kier alpha value is -0.980. The van der Waals surface area contributed by atoms with E-state index in [-0.39, 0.29) is 16.8 Å². The lowest BCUT2D eigenvalue weighted by molar-refractivity contribution is 0.569. The molecule has 6 nitrogen and oxygen atoms in total. The minimum Gasteiger partial charge on any atom is -0.228 e. The van der Waals surface area contributed by atoms with Crippen LogP contribution in [0.1, 0.15) is 32.5 Å². The molecule has 7 heteroatoms. The number of aromatic nitrogens is 4. The molecule has 1 aromatic rings. The summed E-state index contributed by atoms with van der Waals surface area (Å²) in [7, 11) is -1.53. The largest absolute Gasteiger partial charge is 0.228 e. The topological polar surface area (TPSA) is 77.7 Å². The van der Waals surface area contributed by atoms with Crippen molar-refractivity contribution in [1.29, 1.82) is 0 Å². The second kappa shape index (κ2) is 4.69. The molecule has 0 amide bonds. The van der Waals surface area contributed by atoms with Gasteiger partial charge in [0.05, 0.1) is 12.3 Å². The maximum absolute atomic E-state index is 11.9. The molecule has 0 aliphatic heterocycles. The molecular formula is C8H16N4O2S. The van der Waals surface area contributed by atoms with E-state index in [1.807, 2.05) is 13.8 Å². The lowest BCUT2D eigenvalue weighted by Crippen LogP contribution is -2.22. The normalized spacial score (nSPS) is 12.3. The van der Waals surface area contributed by atoms with E-state index in [0.717, 1.165) is 0 Å². The van der Waals surface area contributed by atoms with Crippen LogP contribution < -0.4 is 0 Å². The van der Waals surface area contributed by atoms with Crippen LogP contribution in [0, 0.1) is 0 Å². The maximum Gasteiger partial charge on any atom is 0.189 e. The summed E-state index contributed by atoms with van der Waals surface area (Å²) >= 11 is 0. The second-order valence-corrected chi connectivity index (χ2v) is 5.72. The highest BCUT2D eigenvalue weighted by molar-refractivity contribution is 7.91. The molecule has 1 rings (SSSR count). The average Bonchev–Trinajstić information content (AvgIpc) is 2.51. The third-order valence-electron chi connectivity index (χ3n) is 2.30. The van der Waals surface area contributed by atoms with Gasteiger partial charge in [0.15, 0.2) is 15.7 Å². The Morgan fingerprint density at radius 2 is 1.93 bits per heavy atom. The van der Waals surface area contributed by atoms with Crippen molar-refractivity contribution >= 4 is 9.84 Å². The van der Waals surface area contributed by atoms with Crippen molar-refractivity contribution in [1.82, 2.24) is 20.2 Å². The Morgan fingerprint density at radius 1 is 1.33 bits per heavy atom. The van der Waals surface area contributed by atoms with Crippen molar-refractivity contribution in [3.05, 3.63) is 5.82 Å². The summed E-state index contributed by atoms with van der Waals surface area (Å²) in [6.45, 7) is 3.74. The van der Waals surface area contributed by atoms with Gasteiger partial charge in [-0.1, -0.05) is 13.8 Å². The summed E-state index contributed by atoms with van der Waals surface area (Å²) in [4.78, 5) is 1.26. The molecule has 0 aromatic carbocycles. The summed E-state index contributed by atoms with van der Waals surface area (Å²) < 4.78 is 23.7. The average molecular weight is 232 g/mol. The maximum atomic E-state index is 11.9. The van der Waals surface area contributed by atoms with Gasteiger partial charge in [-0.2, -0.15) is 4.80 Å². The molecule has 0 radical (unpaired) electrons. The van der Waals surface area contributed by atoms with Gasteiger partial charge in [0.1, 0.15) is 5.75 Å². The first-order chi connectivity index (χ1) is 6.99. The fourth-order valence-electron chi connectivity index (χ4n) is 1.48. The van der Waals surface area contributed by atoms with Crippen molar-refractivity contribution in [2.45, 2.75) is 37.7 Å². The highest BCUT2D eigenvalue weighted by Gasteiger charge is 2.24. The van der Waals surface area contributed by atoms with Crippen LogP contribution in [0.4, 0.5) is 0 Å². The first-order valence-corrected chi connectivity index (χ1v) is 6.65. The number of nitrogens with zero attached hydrogens (tertiary/aromatic N) is 4. The van der Waals surface area contributed by atoms with Crippen LogP contribution in [0.5, 0.6) is 0 Å². The lowest BCUT2D eigenvalue weighted by atomic mass is 10.3. The van der Waals surface area contributed by atoms with Crippen molar-refractivity contribution in [3.63, 3.8) is 0 Å². The van der Waals surface area contributed by atoms with Crippen LogP contribution in [0.15, 0.2) is 0 Å². The van der Waals surface area contributed by atoms with Gasteiger partial charge in [0, 0.05) is 0 Å². The Labute approximate surface area is 89.6 Å². The highest BCUT2D eigenvalue weighted by Crippen LogP contribution is 2.13. The zero-order valence-electron chi connectivity index (χ0n) is 9.21. The van der Waals surface area contributed by atoms with E-state index in [1.165, 1.54) is 4.80 Å². The fraction of sp³-hybridized carbons (Fsp3) is 0.875. The predicted octanol–water partition coefficient (Wildman–Crippen LogP) is 0.313. The van der Waals surface area contributed by atoms with Gasteiger partial charge in [-0.15, -0.1) is 10.2 Å². The molecular weight excluding hydrogens is 216 g/mol. The zero-order chi connectivity index (χ0) is 11.5. The Bertz CT molecular complexity index is 408. The van der Waals surface area contributed by atoms with E-state index in [4.69, 9.17) is 0 Å². The summed E-state index contributed by atoms with van der Waals surface area (Å²) in [5.41, 5.74) is 0. The first-order valence-electron chi connectivity index (χ1n) is 4.94. The van der Waals surface area contributed by atoms with Crippen molar-refractivity contribution < 1.29 is 8.42 Å². The van der Waals surface area contributed by atoms with Crippen LogP contribution in [-0.4, -0.2) is 33.9 Å². The van der Waals surface area contributed by atoms with Crippen LogP contribution in [0.25, 0.3) is 0 Å². The summed E-state index contributed by atoms with van der Waals surface area (Å²) in [6.07, 6.45) is 1.25. The molecule has 0 fully saturated rings. The molecule has 15 heavy (non-hydrogen) atoms. The van der Waals surface area contributed by atoms with Gasteiger partial charge in [0.2, 0.25) is 0 Å². The van der Waals surface area contributed by atoms with Gasteiger partial charge >= 0.3 is 0 Å². The summed E-state index contributed by atoms with van der Waals surface area (Å²) in [5, 5.41) is 10.8. The molecule has 0 bridgehead atoms. The minimum absolute atomic E-state index is 0.118. The van der Waals surface area contributed by atoms with Crippen LogP contribution >= 0.6 is 0 Å². The standard InChI is InChI=1S/C8H16N4O2S/c1-4-7(5-2)15(13,14)6-8-9-11-12(3)10-8/h7H,4-6H2,1-3H3. The SMILES string of the molecule is CCC(CC)S(=O)(=O)Cc1nnn(C)n1. The third-order valence-corrected chi connectivity index (χ3v) is 4.64. The molecule has 0 saturated carbocycles. The number of tetrazole rings is 1. The van der Waals surface area contributed by atoms with Crippen molar-refractivity contribution in [2.75, 3.05) is 0 Å². The van der Waals surface area contributed by atoms with E-state index < -0.39 is 9.84 Å². The van der Waals surface area contributed by atoms with E-state index in [0.29, 0.717) is 12.8 Å². The van der Waals surface area contributed by atoms with Crippen LogP contribution in [0.3, 0.4) is 0 Å². The summed E-state index contributed by atoms with van der Waals surface area (Å²) in [6, 6.07) is 0. The number of rotatable bonds is 5. The second-order valence-electron chi connectivity index (χ2n) is 3.44. The molecule has 0 atom stereocenters. The van der Waals surface area contributed by atoms with E-state index in [1.54, 1.807) is 7.05 Å². The Balaban J connectivity index is 2.80. The fourth-order valence-corrected chi connectivity index (χ4v) is 3.20. The zero-order valence-corrected chi connectivity index (χ0v) is 10.0. The number of sulfone groups is 1. The number of hydrogen-bond acceptors (Lipinski definition) is 5. The van der Waals surface area contributed by atoms with Crippen molar-refractivity contribution in [2.24, 2.45) is 7.05 Å². The van der Waals surface area contributed by atoms with E-state index >= 15 is 0 Å². The van der Waals surface area contributed by atoms with Crippen LogP contribution in [-0.2, 0) is 22.6 Å². The third kappa shape index (κ3) is 2.98. The summed E-state index contributed by atoms with van der Waals surface area (Å²) in [5.74, 6) is 0.150. The molecule has 86 valence electrons. The minimum atomic E-state index is -3.14. The lowest BCUT2D eigenvalue weighted by Gasteiger charge is -2.11. The first kappa shape index (κ1) is 12.1. The molecule has 0 unspecified atom stereocenters. The quantitative estimate of drug-likeness (QED) is 0.730. The Morgan fingerprint density at radius 3 is 2.33 bits per heavy atom. The van der Waals surface area contributed by atoms with Gasteiger partial charge < -0.3 is 0 Å². The predicted molar refractivity (Wildman–Crippen MR) is 55.8 cm³/mol. The van der Waals surface area contributed by atoms with Gasteiger partial charge in [0.25, 0.3) is 0 Å². The molecule has 0 aliphatic rings.